The lowest BCUT2D eigenvalue weighted by molar-refractivity contribution is 0.490. The monoisotopic (exact) mass is 897 g/mol. The Morgan fingerprint density at radius 3 is 1.66 bits per heavy atom. The van der Waals surface area contributed by atoms with Crippen LogP contribution in [0.2, 0.25) is 13.0 Å². The van der Waals surface area contributed by atoms with E-state index in [0.717, 1.165) is 98.2 Å². The van der Waals surface area contributed by atoms with Crippen molar-refractivity contribution in [1.29, 1.82) is 0 Å². The second kappa shape index (κ2) is 14.1. The van der Waals surface area contributed by atoms with Crippen LogP contribution in [-0.2, 0) is 0 Å². The highest BCUT2D eigenvalue weighted by Gasteiger charge is 2.47. The molecule has 67 heavy (non-hydrogen) atoms. The fourth-order valence-electron chi connectivity index (χ4n) is 11.2. The van der Waals surface area contributed by atoms with Crippen molar-refractivity contribution < 1.29 is 8.85 Å². The van der Waals surface area contributed by atoms with Gasteiger partial charge in [-0.2, -0.15) is 0 Å². The summed E-state index contributed by atoms with van der Waals surface area (Å²) in [6.07, 6.45) is 0. The minimum absolute atomic E-state index is 0.619. The first kappa shape index (κ1) is 35.1. The molecule has 0 N–H and O–H groups in total. The van der Waals surface area contributed by atoms with Crippen molar-refractivity contribution in [3.8, 4) is 22.9 Å². The second-order valence-corrected chi connectivity index (χ2v) is 24.8. The van der Waals surface area contributed by atoms with E-state index in [-0.39, 0.29) is 0 Å². The maximum atomic E-state index is 9.15. The topological polar surface area (TPSA) is 53.7 Å². The molecule has 1 atom stereocenters. The molecule has 0 aliphatic carbocycles. The maximum Gasteiger partial charge on any atom is 0.220 e. The molecule has 7 nitrogen and oxygen atoms in total. The van der Waals surface area contributed by atoms with Gasteiger partial charge in [-0.15, -0.1) is 0 Å². The zero-order valence-corrected chi connectivity index (χ0v) is 38.4. The lowest BCUT2D eigenvalue weighted by atomic mass is 10.2. The molecule has 0 spiro atoms. The molecule has 9 aromatic carbocycles. The van der Waals surface area contributed by atoms with Crippen LogP contribution in [-0.4, -0.2) is 44.1 Å². The Balaban J connectivity index is 1.02. The molecule has 13 aromatic rings. The van der Waals surface area contributed by atoms with Gasteiger partial charge >= 0.3 is 0 Å². The normalized spacial score (nSPS) is 15.7. The predicted molar refractivity (Wildman–Crippen MR) is 280 cm³/mol. The quantitative estimate of drug-likeness (QED) is 0.124. The van der Waals surface area contributed by atoms with E-state index in [1.54, 1.807) is 0 Å². The van der Waals surface area contributed by atoms with E-state index in [9.17, 15) is 0 Å². The van der Waals surface area contributed by atoms with Crippen LogP contribution in [0.15, 0.2) is 218 Å². The number of para-hydroxylation sites is 8. The number of hydrogen-bond donors (Lipinski definition) is 0. The zero-order chi connectivity index (χ0) is 46.9. The molecule has 0 radical (unpaired) electrons. The predicted octanol–water partition coefficient (Wildman–Crippen LogP) is 9.48. The van der Waals surface area contributed by atoms with Crippen LogP contribution in [0.1, 0.15) is 4.11 Å². The fraction of sp³-hybridized carbons (Fsp3) is 0.0345. The maximum absolute atomic E-state index is 9.15. The molecule has 318 valence electrons. The molecule has 14 rings (SSSR count). The lowest BCUT2D eigenvalue weighted by Crippen LogP contribution is -2.75. The lowest BCUT2D eigenvalue weighted by Gasteiger charge is -2.40. The van der Waals surface area contributed by atoms with Crippen LogP contribution >= 0.6 is 0 Å². The number of aromatic nitrogens is 6. The summed E-state index contributed by atoms with van der Waals surface area (Å²) < 4.78 is 43.6. The van der Waals surface area contributed by atoms with Gasteiger partial charge in [-0.05, 0) is 104 Å². The van der Waals surface area contributed by atoms with E-state index in [4.69, 9.17) is 18.8 Å². The van der Waals surface area contributed by atoms with Crippen LogP contribution in [0.3, 0.4) is 0 Å². The van der Waals surface area contributed by atoms with Gasteiger partial charge in [0.2, 0.25) is 11.6 Å². The summed E-state index contributed by atoms with van der Waals surface area (Å²) in [5.41, 5.74) is 10.0. The average Bonchev–Trinajstić information content (AvgIpc) is 4.14. The van der Waals surface area contributed by atoms with E-state index < -0.39 is 22.6 Å². The first-order valence-electron chi connectivity index (χ1n) is 24.2. The minimum atomic E-state index is -3.41. The first-order chi connectivity index (χ1) is 34.2. The number of rotatable bonds is 6. The molecular weight excluding hydrogens is 853 g/mol. The number of hydrogen-bond acceptors (Lipinski definition) is 3. The number of imidazole rings is 4. The summed E-state index contributed by atoms with van der Waals surface area (Å²) in [5.74, 6) is 2.93. The Kier molecular flexibility index (Phi) is 7.39. The fourth-order valence-corrected chi connectivity index (χ4v) is 18.6. The molecule has 5 heterocycles. The number of ether oxygens (including phenoxy) is 1. The highest BCUT2D eigenvalue weighted by Crippen LogP contribution is 2.35. The van der Waals surface area contributed by atoms with Crippen LogP contribution in [0, 0.1) is 0 Å². The van der Waals surface area contributed by atoms with Crippen LogP contribution in [0.25, 0.3) is 67.1 Å². The molecule has 9 heteroatoms. The van der Waals surface area contributed by atoms with Gasteiger partial charge in [0.25, 0.3) is 0 Å². The van der Waals surface area contributed by atoms with Gasteiger partial charge < -0.3 is 4.74 Å². The minimum Gasteiger partial charge on any atom is -0.458 e. The second-order valence-electron chi connectivity index (χ2n) is 17.7. The first-order valence-corrected chi connectivity index (χ1v) is 27.2. The molecule has 1 aliphatic heterocycles. The Labute approximate surface area is 392 Å². The van der Waals surface area contributed by atoms with Gasteiger partial charge in [0.1, 0.15) is 19.6 Å². The molecule has 1 unspecified atom stereocenters. The Bertz CT molecular complexity index is 4210. The van der Waals surface area contributed by atoms with Gasteiger partial charge in [-0.3, -0.25) is 17.9 Å². The Morgan fingerprint density at radius 2 is 0.970 bits per heavy atom. The van der Waals surface area contributed by atoms with Crippen molar-refractivity contribution in [2.45, 2.75) is 13.0 Å². The van der Waals surface area contributed by atoms with Crippen molar-refractivity contribution >= 4 is 103 Å². The van der Waals surface area contributed by atoms with E-state index in [2.05, 4.69) is 200 Å². The third-order valence-electron chi connectivity index (χ3n) is 14.1. The van der Waals surface area contributed by atoms with Gasteiger partial charge in [-0.1, -0.05) is 159 Å². The van der Waals surface area contributed by atoms with E-state index >= 15 is 0 Å². The standard InChI is InChI=1S/C58H42N6OSi2/c1-66(2)53-32-16-15-31-52(53)65-56-54(66)33-18-34-55(56)67(41-20-5-3-6-21-41,42-22-7-4-8-23-42)43-24-17-19-39(37-43)61-48-28-12-14-30-50(48)64-51-38-40(35-36-45(51)60-58(61)64)62-47-27-11-13-29-49(47)63-46-26-10-9-25-44(46)59-57(62)63/h3-38H,1-2H3/i1D3. The Hall–Kier alpha value is -8.25. The van der Waals surface area contributed by atoms with E-state index in [0.29, 0.717) is 11.5 Å². The molecule has 0 saturated carbocycles. The summed E-state index contributed by atoms with van der Waals surface area (Å²) in [6, 6.07) is 76.3. The van der Waals surface area contributed by atoms with Gasteiger partial charge in [0, 0.05) is 9.80 Å². The van der Waals surface area contributed by atoms with Crippen LogP contribution in [0.5, 0.6) is 11.5 Å². The molecule has 0 fully saturated rings. The zero-order valence-electron chi connectivity index (χ0n) is 39.4. The smallest absolute Gasteiger partial charge is 0.220 e. The van der Waals surface area contributed by atoms with Gasteiger partial charge in [-0.25, -0.2) is 9.97 Å². The third kappa shape index (κ3) is 5.26. The van der Waals surface area contributed by atoms with Crippen LogP contribution < -0.4 is 35.9 Å². The average molecular weight is 898 g/mol. The van der Waals surface area contributed by atoms with Crippen LogP contribution in [0.4, 0.5) is 0 Å². The third-order valence-corrected chi connectivity index (χ3v) is 21.8. The van der Waals surface area contributed by atoms with Crippen molar-refractivity contribution in [3.05, 3.63) is 218 Å². The largest absolute Gasteiger partial charge is 0.458 e. The molecule has 4 aromatic heterocycles. The molecule has 1 aliphatic rings. The summed E-state index contributed by atoms with van der Waals surface area (Å²) in [6.45, 7) is -0.255. The van der Waals surface area contributed by atoms with Crippen molar-refractivity contribution in [2.24, 2.45) is 0 Å². The molecule has 0 bridgehead atoms. The van der Waals surface area contributed by atoms with E-state index in [1.165, 1.54) is 0 Å². The van der Waals surface area contributed by atoms with Crippen molar-refractivity contribution in [3.63, 3.8) is 0 Å². The summed E-state index contributed by atoms with van der Waals surface area (Å²) in [7, 11) is -6.77. The highest BCUT2D eigenvalue weighted by atomic mass is 28.3. The van der Waals surface area contributed by atoms with E-state index in [1.807, 2.05) is 42.9 Å². The summed E-state index contributed by atoms with van der Waals surface area (Å²) >= 11 is 0. The summed E-state index contributed by atoms with van der Waals surface area (Å²) in [4.78, 5) is 10.6. The number of fused-ring (bicyclic) bond motifs is 12. The molecule has 0 amide bonds. The summed E-state index contributed by atoms with van der Waals surface area (Å²) in [5, 5.41) is 6.03. The highest BCUT2D eigenvalue weighted by molar-refractivity contribution is 7.20. The van der Waals surface area contributed by atoms with Gasteiger partial charge in [0.15, 0.2) is 8.07 Å². The molecule has 0 saturated heterocycles. The van der Waals surface area contributed by atoms with Gasteiger partial charge in [0.05, 0.1) is 49.8 Å². The number of benzene rings is 9. The SMILES string of the molecule is [2H]C([2H])([2H])[Si]1(C)c2ccccc2Oc2c([Si](c3ccccc3)(c3ccccc3)c3cccc(-n4c5ccccc5n5c6cc(-n7c8ccccc8n8c9ccccc9nc78)ccc6nc45)c3)cccc21. The van der Waals surface area contributed by atoms with Crippen molar-refractivity contribution in [1.82, 2.24) is 27.9 Å². The molecular formula is C58H42N6OSi2. The number of nitrogens with zero attached hydrogens (tertiary/aromatic N) is 6. The Morgan fingerprint density at radius 1 is 0.448 bits per heavy atom. The van der Waals surface area contributed by atoms with Crippen molar-refractivity contribution in [2.75, 3.05) is 0 Å².